The van der Waals surface area contributed by atoms with E-state index in [1.54, 1.807) is 36.8 Å². The number of fused-ring (bicyclic) bond motifs is 1. The minimum absolute atomic E-state index is 0.264. The maximum atomic E-state index is 11.2. The normalized spacial score (nSPS) is 12.2. The van der Waals surface area contributed by atoms with E-state index >= 15 is 0 Å². The number of hydrogen-bond acceptors (Lipinski definition) is 4. The van der Waals surface area contributed by atoms with E-state index in [9.17, 15) is 10.1 Å². The second-order valence-corrected chi connectivity index (χ2v) is 4.08. The molecule has 2 heterocycles. The Morgan fingerprint density at radius 1 is 1.21 bits per heavy atom. The topological polar surface area (TPSA) is 98.2 Å². The van der Waals surface area contributed by atoms with Crippen LogP contribution in [0.2, 0.25) is 0 Å². The van der Waals surface area contributed by atoms with Crippen LogP contribution >= 0.6 is 0 Å². The van der Waals surface area contributed by atoms with Crippen molar-refractivity contribution in [1.29, 1.82) is 5.26 Å². The van der Waals surface area contributed by atoms with Gasteiger partial charge in [-0.05, 0) is 17.7 Å². The number of aromatic amines is 2. The number of nitriles is 1. The van der Waals surface area contributed by atoms with Crippen LogP contribution < -0.4 is 5.69 Å². The molecule has 92 valence electrons. The molecule has 0 aliphatic carbocycles. The van der Waals surface area contributed by atoms with Crippen molar-refractivity contribution in [3.05, 3.63) is 58.5 Å². The molecule has 1 unspecified atom stereocenters. The molecule has 0 aliphatic heterocycles. The fourth-order valence-corrected chi connectivity index (χ4v) is 2.00. The van der Waals surface area contributed by atoms with Gasteiger partial charge in [0.25, 0.3) is 0 Å². The average Bonchev–Trinajstić information content (AvgIpc) is 2.80. The summed E-state index contributed by atoms with van der Waals surface area (Å²) < 4.78 is 0. The lowest BCUT2D eigenvalue weighted by Crippen LogP contribution is -2.01. The first-order valence-electron chi connectivity index (χ1n) is 5.65. The standard InChI is InChI=1S/C13H9N5O/c14-6-9(12-7-15-3-4-16-12)8-1-2-10-11(5-8)18-13(19)17-10/h1-5,7,9H,(H2,17,18,19). The number of nitrogens with zero attached hydrogens (tertiary/aromatic N) is 3. The van der Waals surface area contributed by atoms with Gasteiger partial charge in [0, 0.05) is 12.4 Å². The van der Waals surface area contributed by atoms with E-state index in [1.807, 2.05) is 0 Å². The van der Waals surface area contributed by atoms with Crippen molar-refractivity contribution in [2.45, 2.75) is 5.92 Å². The van der Waals surface area contributed by atoms with Crippen LogP contribution in [0.1, 0.15) is 17.2 Å². The molecule has 3 aromatic rings. The van der Waals surface area contributed by atoms with Gasteiger partial charge in [-0.2, -0.15) is 5.26 Å². The van der Waals surface area contributed by atoms with E-state index < -0.39 is 5.92 Å². The van der Waals surface area contributed by atoms with Crippen LogP contribution in [0.25, 0.3) is 11.0 Å². The summed E-state index contributed by atoms with van der Waals surface area (Å²) >= 11 is 0. The molecule has 1 aromatic carbocycles. The van der Waals surface area contributed by atoms with Crippen LogP contribution in [0, 0.1) is 11.3 Å². The fraction of sp³-hybridized carbons (Fsp3) is 0.0769. The van der Waals surface area contributed by atoms with Gasteiger partial charge >= 0.3 is 5.69 Å². The molecule has 6 heteroatoms. The van der Waals surface area contributed by atoms with Gasteiger partial charge in [-0.25, -0.2) is 4.79 Å². The first-order chi connectivity index (χ1) is 9.28. The Labute approximate surface area is 107 Å². The predicted octanol–water partition coefficient (Wildman–Crippen LogP) is 1.30. The Hall–Kier alpha value is -2.94. The Morgan fingerprint density at radius 2 is 2.05 bits per heavy atom. The number of rotatable bonds is 2. The van der Waals surface area contributed by atoms with Crippen molar-refractivity contribution in [3.8, 4) is 6.07 Å². The molecule has 6 nitrogen and oxygen atoms in total. The summed E-state index contributed by atoms with van der Waals surface area (Å²) in [6.45, 7) is 0. The van der Waals surface area contributed by atoms with Crippen LogP contribution in [0.4, 0.5) is 0 Å². The van der Waals surface area contributed by atoms with E-state index in [2.05, 4.69) is 26.0 Å². The number of nitrogens with one attached hydrogen (secondary N) is 2. The Balaban J connectivity index is 2.12. The van der Waals surface area contributed by atoms with Crippen molar-refractivity contribution in [2.24, 2.45) is 0 Å². The summed E-state index contributed by atoms with van der Waals surface area (Å²) in [5.74, 6) is -0.503. The molecule has 19 heavy (non-hydrogen) atoms. The Kier molecular flexibility index (Phi) is 2.58. The minimum atomic E-state index is -0.503. The van der Waals surface area contributed by atoms with Gasteiger partial charge in [0.2, 0.25) is 0 Å². The van der Waals surface area contributed by atoms with Crippen LogP contribution in [-0.2, 0) is 0 Å². The van der Waals surface area contributed by atoms with Gasteiger partial charge in [0.1, 0.15) is 5.92 Å². The second kappa shape index (κ2) is 4.38. The van der Waals surface area contributed by atoms with Gasteiger partial charge < -0.3 is 9.97 Å². The van der Waals surface area contributed by atoms with E-state index in [1.165, 1.54) is 0 Å². The van der Waals surface area contributed by atoms with Crippen molar-refractivity contribution in [2.75, 3.05) is 0 Å². The maximum absolute atomic E-state index is 11.2. The van der Waals surface area contributed by atoms with E-state index in [0.717, 1.165) is 5.56 Å². The predicted molar refractivity (Wildman–Crippen MR) is 68.4 cm³/mol. The number of H-pyrrole nitrogens is 2. The molecule has 0 radical (unpaired) electrons. The molecule has 0 bridgehead atoms. The molecule has 0 aliphatic rings. The molecule has 1 atom stereocenters. The third kappa shape index (κ3) is 1.98. The molecule has 0 saturated heterocycles. The van der Waals surface area contributed by atoms with Gasteiger partial charge in [-0.15, -0.1) is 0 Å². The summed E-state index contributed by atoms with van der Waals surface area (Å²) in [6.07, 6.45) is 4.68. The SMILES string of the molecule is N#CC(c1ccc2[nH]c(=O)[nH]c2c1)c1cnccn1. The summed E-state index contributed by atoms with van der Waals surface area (Å²) in [5, 5.41) is 9.31. The monoisotopic (exact) mass is 251 g/mol. The summed E-state index contributed by atoms with van der Waals surface area (Å²) in [5.41, 5.74) is 2.48. The molecule has 0 fully saturated rings. The second-order valence-electron chi connectivity index (χ2n) is 4.08. The van der Waals surface area contributed by atoms with E-state index in [4.69, 9.17) is 0 Å². The zero-order chi connectivity index (χ0) is 13.2. The summed E-state index contributed by atoms with van der Waals surface area (Å²) in [7, 11) is 0. The Morgan fingerprint density at radius 3 is 2.79 bits per heavy atom. The molecular formula is C13H9N5O. The maximum Gasteiger partial charge on any atom is 0.323 e. The van der Waals surface area contributed by atoms with Gasteiger partial charge in [-0.3, -0.25) is 9.97 Å². The molecular weight excluding hydrogens is 242 g/mol. The van der Waals surface area contributed by atoms with Gasteiger partial charge in [-0.1, -0.05) is 6.07 Å². The molecule has 2 N–H and O–H groups in total. The summed E-state index contributed by atoms with van der Waals surface area (Å²) in [6, 6.07) is 7.54. The molecule has 0 saturated carbocycles. The number of hydrogen-bond donors (Lipinski definition) is 2. The average molecular weight is 251 g/mol. The highest BCUT2D eigenvalue weighted by Gasteiger charge is 2.15. The highest BCUT2D eigenvalue weighted by Crippen LogP contribution is 2.23. The summed E-state index contributed by atoms with van der Waals surface area (Å²) in [4.78, 5) is 24.7. The molecule has 2 aromatic heterocycles. The lowest BCUT2D eigenvalue weighted by atomic mass is 9.97. The van der Waals surface area contributed by atoms with E-state index in [0.29, 0.717) is 16.7 Å². The highest BCUT2D eigenvalue weighted by atomic mass is 16.1. The van der Waals surface area contributed by atoms with Crippen LogP contribution in [0.3, 0.4) is 0 Å². The molecule has 0 amide bonds. The van der Waals surface area contributed by atoms with Crippen molar-refractivity contribution in [1.82, 2.24) is 19.9 Å². The number of aromatic nitrogens is 4. The zero-order valence-electron chi connectivity index (χ0n) is 9.79. The van der Waals surface area contributed by atoms with Crippen LogP contribution in [-0.4, -0.2) is 19.9 Å². The fourth-order valence-electron chi connectivity index (χ4n) is 2.00. The molecule has 3 rings (SSSR count). The third-order valence-electron chi connectivity index (χ3n) is 2.88. The van der Waals surface area contributed by atoms with Crippen LogP contribution in [0.5, 0.6) is 0 Å². The number of imidazole rings is 1. The van der Waals surface area contributed by atoms with E-state index in [-0.39, 0.29) is 5.69 Å². The highest BCUT2D eigenvalue weighted by molar-refractivity contribution is 5.75. The lowest BCUT2D eigenvalue weighted by molar-refractivity contribution is 0.944. The van der Waals surface area contributed by atoms with Crippen molar-refractivity contribution in [3.63, 3.8) is 0 Å². The third-order valence-corrected chi connectivity index (χ3v) is 2.88. The first-order valence-corrected chi connectivity index (χ1v) is 5.65. The smallest absolute Gasteiger partial charge is 0.306 e. The number of benzene rings is 1. The molecule has 0 spiro atoms. The quantitative estimate of drug-likeness (QED) is 0.717. The van der Waals surface area contributed by atoms with Gasteiger partial charge in [0.15, 0.2) is 0 Å². The minimum Gasteiger partial charge on any atom is -0.306 e. The first kappa shape index (κ1) is 11.2. The van der Waals surface area contributed by atoms with Crippen molar-refractivity contribution < 1.29 is 0 Å². The Bertz CT molecular complexity index is 812. The zero-order valence-corrected chi connectivity index (χ0v) is 9.79. The van der Waals surface area contributed by atoms with Crippen LogP contribution in [0.15, 0.2) is 41.6 Å². The van der Waals surface area contributed by atoms with Crippen molar-refractivity contribution >= 4 is 11.0 Å². The van der Waals surface area contributed by atoms with Gasteiger partial charge in [0.05, 0.1) is 29.0 Å². The lowest BCUT2D eigenvalue weighted by Gasteiger charge is -2.08. The largest absolute Gasteiger partial charge is 0.323 e.